The van der Waals surface area contributed by atoms with E-state index < -0.39 is 0 Å². The molecule has 17 heavy (non-hydrogen) atoms. The molecule has 1 N–H and O–H groups in total. The van der Waals surface area contributed by atoms with Crippen LogP contribution in [0.1, 0.15) is 5.56 Å². The van der Waals surface area contributed by atoms with E-state index in [1.165, 1.54) is 0 Å². The molecule has 0 saturated heterocycles. The topological polar surface area (TPSA) is 70.7 Å². The van der Waals surface area contributed by atoms with Gasteiger partial charge in [-0.3, -0.25) is 9.48 Å². The van der Waals surface area contributed by atoms with Crippen molar-refractivity contribution in [2.75, 3.05) is 5.32 Å². The quantitative estimate of drug-likeness (QED) is 0.859. The third-order valence-corrected chi connectivity index (χ3v) is 2.16. The van der Waals surface area contributed by atoms with E-state index in [1.807, 2.05) is 6.07 Å². The van der Waals surface area contributed by atoms with Crippen molar-refractivity contribution in [1.29, 1.82) is 5.26 Å². The minimum absolute atomic E-state index is 0.154. The van der Waals surface area contributed by atoms with Crippen LogP contribution >= 0.6 is 0 Å². The average molecular weight is 226 g/mol. The zero-order valence-electron chi connectivity index (χ0n) is 9.00. The zero-order chi connectivity index (χ0) is 12.1. The summed E-state index contributed by atoms with van der Waals surface area (Å²) in [6.07, 6.45) is 3.34. The van der Waals surface area contributed by atoms with Gasteiger partial charge < -0.3 is 5.32 Å². The van der Waals surface area contributed by atoms with Gasteiger partial charge in [-0.1, -0.05) is 0 Å². The number of nitriles is 1. The van der Waals surface area contributed by atoms with Crippen LogP contribution in [0.15, 0.2) is 42.7 Å². The molecular formula is C12H10N4O. The third-order valence-electron chi connectivity index (χ3n) is 2.16. The van der Waals surface area contributed by atoms with Crippen molar-refractivity contribution in [3.8, 4) is 6.07 Å². The summed E-state index contributed by atoms with van der Waals surface area (Å²) in [5.41, 5.74) is 1.23. The molecule has 5 heteroatoms. The highest BCUT2D eigenvalue weighted by Gasteiger charge is 2.03. The van der Waals surface area contributed by atoms with Crippen LogP contribution in [0.2, 0.25) is 0 Å². The standard InChI is InChI=1S/C12H10N4O/c13-8-10-2-4-11(5-3-10)15-12(17)9-16-7-1-6-14-16/h1-7H,9H2,(H,15,17). The number of carbonyl (C=O) groups excluding carboxylic acids is 1. The fraction of sp³-hybridized carbons (Fsp3) is 0.0833. The summed E-state index contributed by atoms with van der Waals surface area (Å²) in [5, 5.41) is 15.3. The number of hydrogen-bond acceptors (Lipinski definition) is 3. The molecule has 5 nitrogen and oxygen atoms in total. The molecule has 1 aromatic heterocycles. The van der Waals surface area contributed by atoms with Crippen LogP contribution in [-0.2, 0) is 11.3 Å². The van der Waals surface area contributed by atoms with Crippen LogP contribution in [0.3, 0.4) is 0 Å². The number of amides is 1. The summed E-state index contributed by atoms with van der Waals surface area (Å²) in [6.45, 7) is 0.174. The number of aromatic nitrogens is 2. The summed E-state index contributed by atoms with van der Waals surface area (Å²) in [7, 11) is 0. The number of carbonyl (C=O) groups is 1. The molecule has 0 fully saturated rings. The highest BCUT2D eigenvalue weighted by Crippen LogP contribution is 2.08. The molecule has 0 bridgehead atoms. The van der Waals surface area contributed by atoms with Crippen LogP contribution < -0.4 is 5.32 Å². The molecule has 0 aliphatic heterocycles. The number of rotatable bonds is 3. The summed E-state index contributed by atoms with van der Waals surface area (Å²) < 4.78 is 1.54. The Morgan fingerprint density at radius 1 is 1.41 bits per heavy atom. The Bertz CT molecular complexity index is 537. The van der Waals surface area contributed by atoms with Gasteiger partial charge in [-0.05, 0) is 30.3 Å². The van der Waals surface area contributed by atoms with Gasteiger partial charge >= 0.3 is 0 Å². The first-order valence-electron chi connectivity index (χ1n) is 5.05. The Balaban J connectivity index is 1.96. The number of anilines is 1. The van der Waals surface area contributed by atoms with Crippen LogP contribution in [0.25, 0.3) is 0 Å². The van der Waals surface area contributed by atoms with Crippen LogP contribution in [0.5, 0.6) is 0 Å². The second-order valence-corrected chi connectivity index (χ2v) is 3.44. The SMILES string of the molecule is N#Cc1ccc(NC(=O)Cn2cccn2)cc1. The first kappa shape index (κ1) is 10.9. The first-order valence-corrected chi connectivity index (χ1v) is 5.05. The lowest BCUT2D eigenvalue weighted by Crippen LogP contribution is -2.18. The fourth-order valence-corrected chi connectivity index (χ4v) is 1.37. The lowest BCUT2D eigenvalue weighted by molar-refractivity contribution is -0.116. The Labute approximate surface area is 98.3 Å². The van der Waals surface area contributed by atoms with Crippen molar-refractivity contribution in [2.24, 2.45) is 0 Å². The number of nitrogens with one attached hydrogen (secondary N) is 1. The van der Waals surface area contributed by atoms with Gasteiger partial charge in [-0.2, -0.15) is 10.4 Å². The maximum absolute atomic E-state index is 11.6. The summed E-state index contributed by atoms with van der Waals surface area (Å²) in [4.78, 5) is 11.6. The molecule has 1 heterocycles. The minimum Gasteiger partial charge on any atom is -0.324 e. The molecule has 0 aliphatic carbocycles. The van der Waals surface area contributed by atoms with E-state index in [1.54, 1.807) is 47.4 Å². The van der Waals surface area contributed by atoms with Gasteiger partial charge in [0.2, 0.25) is 5.91 Å². The number of benzene rings is 1. The predicted molar refractivity (Wildman–Crippen MR) is 62.0 cm³/mol. The van der Waals surface area contributed by atoms with E-state index in [0.717, 1.165) is 0 Å². The monoisotopic (exact) mass is 226 g/mol. The zero-order valence-corrected chi connectivity index (χ0v) is 9.00. The van der Waals surface area contributed by atoms with E-state index in [4.69, 9.17) is 5.26 Å². The van der Waals surface area contributed by atoms with E-state index >= 15 is 0 Å². The van der Waals surface area contributed by atoms with Gasteiger partial charge in [-0.15, -0.1) is 0 Å². The molecule has 2 rings (SSSR count). The van der Waals surface area contributed by atoms with Crippen molar-refractivity contribution >= 4 is 11.6 Å². The van der Waals surface area contributed by atoms with Gasteiger partial charge in [0.15, 0.2) is 0 Å². The normalized spacial score (nSPS) is 9.59. The molecule has 0 saturated carbocycles. The Morgan fingerprint density at radius 3 is 2.76 bits per heavy atom. The van der Waals surface area contributed by atoms with Gasteiger partial charge in [0.05, 0.1) is 11.6 Å². The Hall–Kier alpha value is -2.61. The number of nitrogens with zero attached hydrogens (tertiary/aromatic N) is 3. The Kier molecular flexibility index (Phi) is 3.17. The average Bonchev–Trinajstić information content (AvgIpc) is 2.82. The molecule has 2 aromatic rings. The smallest absolute Gasteiger partial charge is 0.246 e. The largest absolute Gasteiger partial charge is 0.324 e. The molecule has 1 amide bonds. The second kappa shape index (κ2) is 4.94. The van der Waals surface area contributed by atoms with Crippen LogP contribution in [0, 0.1) is 11.3 Å². The summed E-state index contributed by atoms with van der Waals surface area (Å²) in [5.74, 6) is -0.154. The lowest BCUT2D eigenvalue weighted by atomic mass is 10.2. The van der Waals surface area contributed by atoms with Crippen LogP contribution in [-0.4, -0.2) is 15.7 Å². The molecular weight excluding hydrogens is 216 g/mol. The third kappa shape index (κ3) is 2.92. The minimum atomic E-state index is -0.154. The van der Waals surface area contributed by atoms with Crippen molar-refractivity contribution in [3.63, 3.8) is 0 Å². The highest BCUT2D eigenvalue weighted by molar-refractivity contribution is 5.90. The van der Waals surface area contributed by atoms with E-state index in [0.29, 0.717) is 11.3 Å². The van der Waals surface area contributed by atoms with Gasteiger partial charge in [0.1, 0.15) is 6.54 Å². The van der Waals surface area contributed by atoms with E-state index in [-0.39, 0.29) is 12.5 Å². The molecule has 0 atom stereocenters. The van der Waals surface area contributed by atoms with Crippen molar-refractivity contribution in [2.45, 2.75) is 6.54 Å². The molecule has 84 valence electrons. The molecule has 0 unspecified atom stereocenters. The molecule has 1 aromatic carbocycles. The predicted octanol–water partition coefficient (Wildman–Crippen LogP) is 1.39. The second-order valence-electron chi connectivity index (χ2n) is 3.44. The lowest BCUT2D eigenvalue weighted by Gasteiger charge is -2.05. The van der Waals surface area contributed by atoms with Gasteiger partial charge in [0.25, 0.3) is 0 Å². The van der Waals surface area contributed by atoms with Crippen molar-refractivity contribution in [1.82, 2.24) is 9.78 Å². The molecule has 0 spiro atoms. The van der Waals surface area contributed by atoms with E-state index in [9.17, 15) is 4.79 Å². The maximum Gasteiger partial charge on any atom is 0.246 e. The maximum atomic E-state index is 11.6. The van der Waals surface area contributed by atoms with Gasteiger partial charge in [0, 0.05) is 18.1 Å². The van der Waals surface area contributed by atoms with Crippen molar-refractivity contribution in [3.05, 3.63) is 48.3 Å². The summed E-state index contributed by atoms with van der Waals surface area (Å²) in [6, 6.07) is 10.5. The summed E-state index contributed by atoms with van der Waals surface area (Å²) >= 11 is 0. The Morgan fingerprint density at radius 2 is 2.18 bits per heavy atom. The molecule has 0 radical (unpaired) electrons. The van der Waals surface area contributed by atoms with Gasteiger partial charge in [-0.25, -0.2) is 0 Å². The highest BCUT2D eigenvalue weighted by atomic mass is 16.2. The number of hydrogen-bond donors (Lipinski definition) is 1. The molecule has 0 aliphatic rings. The first-order chi connectivity index (χ1) is 8.28. The van der Waals surface area contributed by atoms with Crippen LogP contribution in [0.4, 0.5) is 5.69 Å². The van der Waals surface area contributed by atoms with Crippen molar-refractivity contribution < 1.29 is 4.79 Å². The van der Waals surface area contributed by atoms with E-state index in [2.05, 4.69) is 10.4 Å². The fourth-order valence-electron chi connectivity index (χ4n) is 1.37.